The Morgan fingerprint density at radius 2 is 2.00 bits per heavy atom. The average Bonchev–Trinajstić information content (AvgIpc) is 2.50. The molecule has 0 amide bonds. The molecule has 0 saturated heterocycles. The molecular formula is C18H22O4. The summed E-state index contributed by atoms with van der Waals surface area (Å²) in [6.45, 7) is 3.51. The third-order valence-corrected chi connectivity index (χ3v) is 4.32. The molecule has 2 rings (SSSR count). The minimum Gasteiger partial charge on any atom is -0.465 e. The van der Waals surface area contributed by atoms with Crippen LogP contribution >= 0.6 is 0 Å². The van der Waals surface area contributed by atoms with Crippen LogP contribution in [0.2, 0.25) is 0 Å². The van der Waals surface area contributed by atoms with Gasteiger partial charge in [-0.3, -0.25) is 9.59 Å². The van der Waals surface area contributed by atoms with E-state index >= 15 is 0 Å². The van der Waals surface area contributed by atoms with Crippen molar-refractivity contribution in [1.29, 1.82) is 0 Å². The van der Waals surface area contributed by atoms with Crippen LogP contribution in [0.15, 0.2) is 24.3 Å². The summed E-state index contributed by atoms with van der Waals surface area (Å²) in [5, 5.41) is 0. The lowest BCUT2D eigenvalue weighted by molar-refractivity contribution is -0.153. The molecule has 0 heterocycles. The molecule has 0 radical (unpaired) electrons. The molecule has 0 aliphatic heterocycles. The van der Waals surface area contributed by atoms with Crippen LogP contribution in [0.4, 0.5) is 0 Å². The number of benzene rings is 1. The molecule has 1 aliphatic rings. The summed E-state index contributed by atoms with van der Waals surface area (Å²) in [7, 11) is 0. The molecule has 1 aromatic rings. The highest BCUT2D eigenvalue weighted by Crippen LogP contribution is 2.40. The maximum absolute atomic E-state index is 12.9. The second-order valence-corrected chi connectivity index (χ2v) is 5.84. The second-order valence-electron chi connectivity index (χ2n) is 5.84. The molecule has 1 aliphatic carbocycles. The lowest BCUT2D eigenvalue weighted by Gasteiger charge is -2.34. The summed E-state index contributed by atoms with van der Waals surface area (Å²) < 4.78 is 5.18. The highest BCUT2D eigenvalue weighted by molar-refractivity contribution is 6.14. The Morgan fingerprint density at radius 3 is 2.68 bits per heavy atom. The van der Waals surface area contributed by atoms with Gasteiger partial charge in [0.25, 0.3) is 0 Å². The summed E-state index contributed by atoms with van der Waals surface area (Å²) >= 11 is 0. The van der Waals surface area contributed by atoms with Gasteiger partial charge in [-0.2, -0.15) is 0 Å². The van der Waals surface area contributed by atoms with Gasteiger partial charge in [0.2, 0.25) is 0 Å². The molecule has 1 atom stereocenters. The van der Waals surface area contributed by atoms with Gasteiger partial charge >= 0.3 is 5.97 Å². The number of hydrogen-bond donors (Lipinski definition) is 0. The number of fused-ring (bicyclic) bond motifs is 1. The van der Waals surface area contributed by atoms with E-state index in [0.717, 1.165) is 5.56 Å². The van der Waals surface area contributed by atoms with E-state index in [1.54, 1.807) is 13.0 Å². The maximum Gasteiger partial charge on any atom is 0.320 e. The molecule has 118 valence electrons. The van der Waals surface area contributed by atoms with Crippen LogP contribution in [0.1, 0.15) is 55.5 Å². The number of carbonyl (C=O) groups excluding carboxylic acids is 3. The zero-order valence-electron chi connectivity index (χ0n) is 13.2. The Bertz CT molecular complexity index is 591. The number of carbonyl (C=O) groups is 3. The molecule has 1 aromatic carbocycles. The monoisotopic (exact) mass is 302 g/mol. The lowest BCUT2D eigenvalue weighted by atomic mass is 9.67. The van der Waals surface area contributed by atoms with E-state index in [4.69, 9.17) is 4.74 Å². The number of ether oxygens (including phenoxy) is 1. The second kappa shape index (κ2) is 6.86. The molecule has 0 N–H and O–H groups in total. The molecule has 0 fully saturated rings. The van der Waals surface area contributed by atoms with Crippen molar-refractivity contribution in [1.82, 2.24) is 0 Å². The Hall–Kier alpha value is -1.97. The van der Waals surface area contributed by atoms with Crippen LogP contribution in [-0.4, -0.2) is 24.1 Å². The largest absolute Gasteiger partial charge is 0.465 e. The van der Waals surface area contributed by atoms with E-state index in [2.05, 4.69) is 0 Å². The van der Waals surface area contributed by atoms with Crippen molar-refractivity contribution in [2.75, 3.05) is 6.61 Å². The summed E-state index contributed by atoms with van der Waals surface area (Å²) in [5.74, 6) is -0.530. The van der Waals surface area contributed by atoms with Crippen molar-refractivity contribution in [3.8, 4) is 0 Å². The standard InChI is InChI=1S/C18H22O4/c1-3-22-17(21)18(11-6-7-13(2)19)12-10-14-8-4-5-9-15(14)16(18)20/h4-5,8-9H,3,6-7,10-12H2,1-2H3. The zero-order chi connectivity index (χ0) is 16.2. The van der Waals surface area contributed by atoms with E-state index in [-0.39, 0.29) is 18.2 Å². The van der Waals surface area contributed by atoms with Crippen molar-refractivity contribution in [2.24, 2.45) is 5.41 Å². The third kappa shape index (κ3) is 3.11. The number of aryl methyl sites for hydroxylation is 1. The first-order valence-electron chi connectivity index (χ1n) is 7.80. The minimum absolute atomic E-state index is 0.0719. The van der Waals surface area contributed by atoms with Gasteiger partial charge in [-0.1, -0.05) is 24.3 Å². The van der Waals surface area contributed by atoms with Crippen LogP contribution in [0.5, 0.6) is 0 Å². The molecule has 0 aromatic heterocycles. The summed E-state index contributed by atoms with van der Waals surface area (Å²) in [4.78, 5) is 36.6. The lowest BCUT2D eigenvalue weighted by Crippen LogP contribution is -2.44. The molecule has 0 bridgehead atoms. The fourth-order valence-electron chi connectivity index (χ4n) is 3.12. The molecule has 22 heavy (non-hydrogen) atoms. The number of Topliss-reactive ketones (excluding diaryl/α,β-unsaturated/α-hetero) is 2. The molecule has 4 nitrogen and oxygen atoms in total. The van der Waals surface area contributed by atoms with Crippen LogP contribution in [0, 0.1) is 5.41 Å². The zero-order valence-corrected chi connectivity index (χ0v) is 13.2. The fourth-order valence-corrected chi connectivity index (χ4v) is 3.12. The van der Waals surface area contributed by atoms with E-state index in [0.29, 0.717) is 37.7 Å². The average molecular weight is 302 g/mol. The SMILES string of the molecule is CCOC(=O)C1(CCCC(C)=O)CCc2ccccc2C1=O. The molecular weight excluding hydrogens is 280 g/mol. The first-order chi connectivity index (χ1) is 10.5. The number of ketones is 2. The van der Waals surface area contributed by atoms with Crippen molar-refractivity contribution >= 4 is 17.5 Å². The van der Waals surface area contributed by atoms with Gasteiger partial charge in [0.1, 0.15) is 11.2 Å². The first kappa shape index (κ1) is 16.4. The van der Waals surface area contributed by atoms with Crippen molar-refractivity contribution in [3.63, 3.8) is 0 Å². The molecule has 4 heteroatoms. The number of hydrogen-bond acceptors (Lipinski definition) is 4. The van der Waals surface area contributed by atoms with Gasteiger partial charge in [0.05, 0.1) is 6.61 Å². The topological polar surface area (TPSA) is 60.4 Å². The summed E-state index contributed by atoms with van der Waals surface area (Å²) in [6.07, 6.45) is 2.43. The van der Waals surface area contributed by atoms with Crippen molar-refractivity contribution < 1.29 is 19.1 Å². The molecule has 1 unspecified atom stereocenters. The van der Waals surface area contributed by atoms with Crippen molar-refractivity contribution in [3.05, 3.63) is 35.4 Å². The van der Waals surface area contributed by atoms with Gasteiger partial charge in [-0.05, 0) is 45.1 Å². The van der Waals surface area contributed by atoms with Crippen molar-refractivity contribution in [2.45, 2.75) is 46.0 Å². The minimum atomic E-state index is -1.13. The van der Waals surface area contributed by atoms with Gasteiger partial charge in [0, 0.05) is 12.0 Å². The highest BCUT2D eigenvalue weighted by Gasteiger charge is 2.49. The summed E-state index contributed by atoms with van der Waals surface area (Å²) in [5.41, 5.74) is 0.475. The Balaban J connectivity index is 2.31. The Kier molecular flexibility index (Phi) is 5.11. The fraction of sp³-hybridized carbons (Fsp3) is 0.500. The van der Waals surface area contributed by atoms with E-state index in [1.165, 1.54) is 6.92 Å². The van der Waals surface area contributed by atoms with Crippen LogP contribution in [0.3, 0.4) is 0 Å². The summed E-state index contributed by atoms with van der Waals surface area (Å²) in [6, 6.07) is 7.42. The van der Waals surface area contributed by atoms with E-state index in [1.807, 2.05) is 18.2 Å². The Labute approximate surface area is 130 Å². The number of esters is 1. The highest BCUT2D eigenvalue weighted by atomic mass is 16.5. The smallest absolute Gasteiger partial charge is 0.320 e. The predicted octanol–water partition coefficient (Wildman–Crippen LogP) is 3.12. The predicted molar refractivity (Wildman–Crippen MR) is 82.7 cm³/mol. The third-order valence-electron chi connectivity index (χ3n) is 4.32. The maximum atomic E-state index is 12.9. The quantitative estimate of drug-likeness (QED) is 0.598. The first-order valence-corrected chi connectivity index (χ1v) is 7.80. The molecule has 0 spiro atoms. The van der Waals surface area contributed by atoms with Gasteiger partial charge in [-0.25, -0.2) is 0 Å². The van der Waals surface area contributed by atoms with Gasteiger partial charge < -0.3 is 9.53 Å². The molecule has 0 saturated carbocycles. The van der Waals surface area contributed by atoms with Gasteiger partial charge in [0.15, 0.2) is 5.78 Å². The van der Waals surface area contributed by atoms with Crippen LogP contribution < -0.4 is 0 Å². The van der Waals surface area contributed by atoms with Crippen LogP contribution in [-0.2, 0) is 20.7 Å². The normalized spacial score (nSPS) is 20.4. The van der Waals surface area contributed by atoms with E-state index in [9.17, 15) is 14.4 Å². The Morgan fingerprint density at radius 1 is 1.27 bits per heavy atom. The number of rotatable bonds is 6. The van der Waals surface area contributed by atoms with E-state index < -0.39 is 11.4 Å². The van der Waals surface area contributed by atoms with Gasteiger partial charge in [-0.15, -0.1) is 0 Å². The van der Waals surface area contributed by atoms with Crippen LogP contribution in [0.25, 0.3) is 0 Å².